The van der Waals surface area contributed by atoms with Gasteiger partial charge >= 0.3 is 12.1 Å². The molecule has 1 aliphatic heterocycles. The van der Waals surface area contributed by atoms with E-state index in [1.807, 2.05) is 0 Å². The summed E-state index contributed by atoms with van der Waals surface area (Å²) in [5.74, 6) is -0.858. The molecular formula is C15H18F3NO2. The second kappa shape index (κ2) is 5.67. The number of rotatable bonds is 3. The summed E-state index contributed by atoms with van der Waals surface area (Å²) in [4.78, 5) is 12.0. The van der Waals surface area contributed by atoms with Gasteiger partial charge in [-0.2, -0.15) is 13.2 Å². The van der Waals surface area contributed by atoms with Gasteiger partial charge in [0.05, 0.1) is 18.1 Å². The first-order valence-electron chi connectivity index (χ1n) is 6.84. The highest BCUT2D eigenvalue weighted by atomic mass is 19.4. The van der Waals surface area contributed by atoms with E-state index in [0.717, 1.165) is 12.1 Å². The van der Waals surface area contributed by atoms with Crippen LogP contribution in [-0.4, -0.2) is 25.7 Å². The topological polar surface area (TPSA) is 38.3 Å². The fraction of sp³-hybridized carbons (Fsp3) is 0.533. The van der Waals surface area contributed by atoms with Crippen molar-refractivity contribution in [2.45, 2.75) is 25.4 Å². The molecule has 0 radical (unpaired) electrons. The summed E-state index contributed by atoms with van der Waals surface area (Å²) in [5, 5.41) is 3.08. The molecule has 2 rings (SSSR count). The number of carbonyl (C=O) groups is 1. The first-order valence-corrected chi connectivity index (χ1v) is 6.84. The molecule has 1 saturated heterocycles. The maximum absolute atomic E-state index is 12.8. The van der Waals surface area contributed by atoms with Crippen LogP contribution < -0.4 is 5.32 Å². The Morgan fingerprint density at radius 3 is 2.81 bits per heavy atom. The molecule has 1 N–H and O–H groups in total. The summed E-state index contributed by atoms with van der Waals surface area (Å²) in [6.45, 7) is 4.61. The van der Waals surface area contributed by atoms with E-state index in [0.29, 0.717) is 18.7 Å². The summed E-state index contributed by atoms with van der Waals surface area (Å²) in [6.07, 6.45) is -4.39. The number of benzene rings is 1. The number of esters is 1. The van der Waals surface area contributed by atoms with E-state index in [1.165, 1.54) is 6.07 Å². The number of ether oxygens (including phenoxy) is 1. The van der Waals surface area contributed by atoms with E-state index >= 15 is 0 Å². The van der Waals surface area contributed by atoms with Gasteiger partial charge in [-0.3, -0.25) is 4.79 Å². The van der Waals surface area contributed by atoms with Crippen LogP contribution in [0.4, 0.5) is 13.2 Å². The van der Waals surface area contributed by atoms with Crippen molar-refractivity contribution in [1.29, 1.82) is 0 Å². The van der Waals surface area contributed by atoms with Crippen LogP contribution in [0.2, 0.25) is 0 Å². The molecule has 0 aliphatic carbocycles. The van der Waals surface area contributed by atoms with Crippen LogP contribution in [0.5, 0.6) is 0 Å². The molecule has 0 bridgehead atoms. The maximum Gasteiger partial charge on any atom is 0.416 e. The third-order valence-electron chi connectivity index (χ3n) is 4.03. The van der Waals surface area contributed by atoms with E-state index in [4.69, 9.17) is 4.74 Å². The summed E-state index contributed by atoms with van der Waals surface area (Å²) < 4.78 is 43.6. The Hall–Kier alpha value is -1.56. The lowest BCUT2D eigenvalue weighted by molar-refractivity contribution is -0.149. The van der Waals surface area contributed by atoms with Crippen molar-refractivity contribution < 1.29 is 22.7 Å². The normalized spacial score (nSPS) is 25.9. The van der Waals surface area contributed by atoms with E-state index in [-0.39, 0.29) is 12.6 Å². The van der Waals surface area contributed by atoms with Crippen LogP contribution in [0, 0.1) is 5.92 Å². The van der Waals surface area contributed by atoms with Gasteiger partial charge in [-0.05, 0) is 18.6 Å². The minimum Gasteiger partial charge on any atom is -0.466 e. The van der Waals surface area contributed by atoms with Gasteiger partial charge in [0.25, 0.3) is 0 Å². The highest BCUT2D eigenvalue weighted by Crippen LogP contribution is 2.38. The van der Waals surface area contributed by atoms with Crippen LogP contribution >= 0.6 is 0 Å². The highest BCUT2D eigenvalue weighted by molar-refractivity contribution is 5.75. The van der Waals surface area contributed by atoms with E-state index < -0.39 is 23.1 Å². The summed E-state index contributed by atoms with van der Waals surface area (Å²) in [5.41, 5.74) is -0.899. The third-order valence-corrected chi connectivity index (χ3v) is 4.03. The van der Waals surface area contributed by atoms with Gasteiger partial charge in [-0.25, -0.2) is 0 Å². The first-order chi connectivity index (χ1) is 9.79. The van der Waals surface area contributed by atoms with Crippen LogP contribution in [0.3, 0.4) is 0 Å². The van der Waals surface area contributed by atoms with E-state index in [1.54, 1.807) is 19.9 Å². The zero-order valence-corrected chi connectivity index (χ0v) is 12.0. The van der Waals surface area contributed by atoms with Crippen LogP contribution in [0.25, 0.3) is 0 Å². The molecule has 0 saturated carbocycles. The Kier molecular flexibility index (Phi) is 4.27. The molecule has 0 spiro atoms. The second-order valence-electron chi connectivity index (χ2n) is 5.43. The summed E-state index contributed by atoms with van der Waals surface area (Å²) in [7, 11) is 0. The number of alkyl halides is 3. The molecule has 21 heavy (non-hydrogen) atoms. The zero-order chi connectivity index (χ0) is 15.7. The Bertz CT molecular complexity index is 530. The van der Waals surface area contributed by atoms with E-state index in [2.05, 4.69) is 5.32 Å². The van der Waals surface area contributed by atoms with Crippen molar-refractivity contribution in [3.8, 4) is 0 Å². The lowest BCUT2D eigenvalue weighted by Crippen LogP contribution is -2.37. The highest BCUT2D eigenvalue weighted by Gasteiger charge is 2.46. The van der Waals surface area contributed by atoms with Gasteiger partial charge in [0.15, 0.2) is 0 Å². The van der Waals surface area contributed by atoms with Crippen molar-refractivity contribution in [1.82, 2.24) is 5.32 Å². The molecule has 1 aromatic carbocycles. The number of nitrogens with one attached hydrogen (secondary N) is 1. The second-order valence-corrected chi connectivity index (χ2v) is 5.43. The van der Waals surface area contributed by atoms with Crippen molar-refractivity contribution in [2.75, 3.05) is 19.7 Å². The fourth-order valence-corrected chi connectivity index (χ4v) is 2.76. The van der Waals surface area contributed by atoms with Gasteiger partial charge in [-0.15, -0.1) is 0 Å². The molecule has 0 amide bonds. The molecule has 1 aromatic rings. The quantitative estimate of drug-likeness (QED) is 0.873. The molecule has 2 unspecified atom stereocenters. The largest absolute Gasteiger partial charge is 0.466 e. The monoisotopic (exact) mass is 301 g/mol. The molecule has 1 fully saturated rings. The van der Waals surface area contributed by atoms with Crippen LogP contribution in [-0.2, 0) is 21.1 Å². The SMILES string of the molecule is CCOC(=O)C1CNCC1(C)c1cccc(C(F)(F)F)c1. The predicted molar refractivity (Wildman–Crippen MR) is 71.8 cm³/mol. The number of carbonyl (C=O) groups excluding carboxylic acids is 1. The Labute approximate surface area is 121 Å². The van der Waals surface area contributed by atoms with Crippen LogP contribution in [0.1, 0.15) is 25.0 Å². The van der Waals surface area contributed by atoms with Crippen molar-refractivity contribution in [3.63, 3.8) is 0 Å². The molecular weight excluding hydrogens is 283 g/mol. The maximum atomic E-state index is 12.8. The summed E-state index contributed by atoms with van der Waals surface area (Å²) >= 11 is 0. The average Bonchev–Trinajstić information content (AvgIpc) is 2.82. The van der Waals surface area contributed by atoms with Gasteiger partial charge in [0, 0.05) is 18.5 Å². The molecule has 3 nitrogen and oxygen atoms in total. The Balaban J connectivity index is 2.37. The zero-order valence-electron chi connectivity index (χ0n) is 12.0. The van der Waals surface area contributed by atoms with Gasteiger partial charge < -0.3 is 10.1 Å². The van der Waals surface area contributed by atoms with Crippen molar-refractivity contribution in [3.05, 3.63) is 35.4 Å². The van der Waals surface area contributed by atoms with Crippen molar-refractivity contribution >= 4 is 5.97 Å². The molecule has 1 aliphatic rings. The van der Waals surface area contributed by atoms with Gasteiger partial charge in [0.2, 0.25) is 0 Å². The standard InChI is InChI=1S/C15H18F3NO2/c1-3-21-13(20)12-8-19-9-14(12,2)10-5-4-6-11(7-10)15(16,17)18/h4-7,12,19H,3,8-9H2,1-2H3. The fourth-order valence-electron chi connectivity index (χ4n) is 2.76. The minimum absolute atomic E-state index is 0.258. The third kappa shape index (κ3) is 3.05. The number of halogens is 3. The van der Waals surface area contributed by atoms with Crippen LogP contribution in [0.15, 0.2) is 24.3 Å². The Morgan fingerprint density at radius 1 is 1.48 bits per heavy atom. The molecule has 1 heterocycles. The Morgan fingerprint density at radius 2 is 2.19 bits per heavy atom. The molecule has 6 heteroatoms. The first kappa shape index (κ1) is 15.8. The molecule has 0 aromatic heterocycles. The number of hydrogen-bond donors (Lipinski definition) is 1. The molecule has 2 atom stereocenters. The van der Waals surface area contributed by atoms with Crippen molar-refractivity contribution in [2.24, 2.45) is 5.92 Å². The lowest BCUT2D eigenvalue weighted by Gasteiger charge is -2.30. The van der Waals surface area contributed by atoms with E-state index in [9.17, 15) is 18.0 Å². The van der Waals surface area contributed by atoms with Gasteiger partial charge in [0.1, 0.15) is 0 Å². The molecule has 116 valence electrons. The van der Waals surface area contributed by atoms with Gasteiger partial charge in [-0.1, -0.05) is 25.1 Å². The number of hydrogen-bond acceptors (Lipinski definition) is 3. The smallest absolute Gasteiger partial charge is 0.416 e. The summed E-state index contributed by atoms with van der Waals surface area (Å²) in [6, 6.07) is 5.17. The average molecular weight is 301 g/mol. The minimum atomic E-state index is -4.39. The lowest BCUT2D eigenvalue weighted by atomic mass is 9.74. The predicted octanol–water partition coefficient (Wildman–Crippen LogP) is 2.75.